The van der Waals surface area contributed by atoms with E-state index in [1.807, 2.05) is 31.2 Å². The predicted octanol–water partition coefficient (Wildman–Crippen LogP) is 4.11. The summed E-state index contributed by atoms with van der Waals surface area (Å²) in [6.07, 6.45) is 0. The summed E-state index contributed by atoms with van der Waals surface area (Å²) in [5.74, 6) is 0.419. The van der Waals surface area contributed by atoms with Gasteiger partial charge in [0, 0.05) is 11.6 Å². The van der Waals surface area contributed by atoms with Gasteiger partial charge in [0.1, 0.15) is 5.75 Å². The van der Waals surface area contributed by atoms with Crippen molar-refractivity contribution in [2.45, 2.75) is 13.5 Å². The number of carbonyl (C=O) groups is 1. The van der Waals surface area contributed by atoms with E-state index >= 15 is 0 Å². The average molecular weight is 369 g/mol. The number of amides is 1. The zero-order chi connectivity index (χ0) is 15.2. The summed E-state index contributed by atoms with van der Waals surface area (Å²) in [5.41, 5.74) is 2.25. The molecule has 3 nitrogen and oxygen atoms in total. The second kappa shape index (κ2) is 7.48. The number of rotatable bonds is 5. The summed E-state index contributed by atoms with van der Waals surface area (Å²) in [6, 6.07) is 13.2. The van der Waals surface area contributed by atoms with Crippen LogP contribution in [0, 0.1) is 6.92 Å². The normalized spacial score (nSPS) is 10.2. The molecule has 0 radical (unpaired) electrons. The lowest BCUT2D eigenvalue weighted by molar-refractivity contribution is -0.123. The van der Waals surface area contributed by atoms with Crippen molar-refractivity contribution < 1.29 is 9.53 Å². The quantitative estimate of drug-likeness (QED) is 0.862. The monoisotopic (exact) mass is 367 g/mol. The summed E-state index contributed by atoms with van der Waals surface area (Å²) in [4.78, 5) is 11.8. The Morgan fingerprint density at radius 1 is 1.24 bits per heavy atom. The van der Waals surface area contributed by atoms with Crippen LogP contribution < -0.4 is 10.1 Å². The van der Waals surface area contributed by atoms with Gasteiger partial charge >= 0.3 is 0 Å². The molecule has 0 fully saturated rings. The molecule has 0 bridgehead atoms. The van der Waals surface area contributed by atoms with E-state index in [0.29, 0.717) is 17.3 Å². The van der Waals surface area contributed by atoms with Gasteiger partial charge in [0.15, 0.2) is 6.61 Å². The highest BCUT2D eigenvalue weighted by Crippen LogP contribution is 2.27. The van der Waals surface area contributed by atoms with E-state index in [4.69, 9.17) is 16.3 Å². The molecule has 2 rings (SSSR count). The highest BCUT2D eigenvalue weighted by atomic mass is 79.9. The van der Waals surface area contributed by atoms with E-state index < -0.39 is 0 Å². The van der Waals surface area contributed by atoms with Crippen LogP contribution in [0.4, 0.5) is 0 Å². The molecule has 0 saturated heterocycles. The second-order valence-electron chi connectivity index (χ2n) is 4.63. The fourth-order valence-corrected chi connectivity index (χ4v) is 2.49. The minimum Gasteiger partial charge on any atom is -0.483 e. The molecule has 1 N–H and O–H groups in total. The molecule has 0 aliphatic carbocycles. The molecule has 0 unspecified atom stereocenters. The van der Waals surface area contributed by atoms with Crippen LogP contribution in [0.2, 0.25) is 5.02 Å². The molecule has 0 heterocycles. The molecule has 0 spiro atoms. The van der Waals surface area contributed by atoms with Gasteiger partial charge in [0.05, 0.1) is 4.47 Å². The summed E-state index contributed by atoms with van der Waals surface area (Å²) in [6.45, 7) is 2.48. The number of ether oxygens (including phenoxy) is 1. The third-order valence-corrected chi connectivity index (χ3v) is 3.72. The lowest BCUT2D eigenvalue weighted by Gasteiger charge is -2.09. The maximum Gasteiger partial charge on any atom is 0.258 e. The lowest BCUT2D eigenvalue weighted by atomic mass is 10.1. The van der Waals surface area contributed by atoms with Crippen LogP contribution in [0.25, 0.3) is 0 Å². The minimum atomic E-state index is -0.169. The van der Waals surface area contributed by atoms with Crippen molar-refractivity contribution in [3.63, 3.8) is 0 Å². The molecular weight excluding hydrogens is 354 g/mol. The molecule has 0 aliphatic rings. The van der Waals surface area contributed by atoms with Gasteiger partial charge in [0.2, 0.25) is 0 Å². The van der Waals surface area contributed by atoms with Crippen molar-refractivity contribution in [2.75, 3.05) is 6.61 Å². The van der Waals surface area contributed by atoms with Gasteiger partial charge in [-0.25, -0.2) is 0 Å². The maximum atomic E-state index is 11.8. The third-order valence-electron chi connectivity index (χ3n) is 2.86. The second-order valence-corrected chi connectivity index (χ2v) is 5.92. The molecule has 2 aromatic rings. The van der Waals surface area contributed by atoms with Crippen LogP contribution in [0.15, 0.2) is 46.9 Å². The van der Waals surface area contributed by atoms with Crippen molar-refractivity contribution in [3.8, 4) is 5.75 Å². The molecule has 2 aromatic carbocycles. The number of carbonyl (C=O) groups excluding carboxylic acids is 1. The predicted molar refractivity (Wildman–Crippen MR) is 87.7 cm³/mol. The molecule has 1 amide bonds. The highest BCUT2D eigenvalue weighted by molar-refractivity contribution is 9.10. The van der Waals surface area contributed by atoms with Crippen molar-refractivity contribution >= 4 is 33.4 Å². The number of nitrogens with one attached hydrogen (secondary N) is 1. The Kier molecular flexibility index (Phi) is 5.65. The number of hydrogen-bond acceptors (Lipinski definition) is 2. The van der Waals surface area contributed by atoms with Gasteiger partial charge in [-0.1, -0.05) is 41.4 Å². The van der Waals surface area contributed by atoms with Crippen LogP contribution in [0.3, 0.4) is 0 Å². The van der Waals surface area contributed by atoms with E-state index in [2.05, 4.69) is 21.2 Å². The minimum absolute atomic E-state index is 0.0356. The smallest absolute Gasteiger partial charge is 0.258 e. The summed E-state index contributed by atoms with van der Waals surface area (Å²) in [7, 11) is 0. The first-order valence-corrected chi connectivity index (χ1v) is 7.62. The number of halogens is 2. The molecule has 110 valence electrons. The Bertz CT molecular complexity index is 629. The topological polar surface area (TPSA) is 38.3 Å². The standard InChI is InChI=1S/C16H15BrClNO2/c1-11-2-4-12(5-3-11)9-19-16(20)10-21-15-7-6-13(18)8-14(15)17/h2-8H,9-10H2,1H3,(H,19,20). The molecule has 21 heavy (non-hydrogen) atoms. The number of benzene rings is 2. The summed E-state index contributed by atoms with van der Waals surface area (Å²) in [5, 5.41) is 3.42. The van der Waals surface area contributed by atoms with Crippen molar-refractivity contribution in [2.24, 2.45) is 0 Å². The molecule has 0 aliphatic heterocycles. The first kappa shape index (κ1) is 15.9. The highest BCUT2D eigenvalue weighted by Gasteiger charge is 2.06. The maximum absolute atomic E-state index is 11.8. The van der Waals surface area contributed by atoms with Crippen LogP contribution >= 0.6 is 27.5 Å². The van der Waals surface area contributed by atoms with Gasteiger partial charge in [-0.05, 0) is 46.6 Å². The van der Waals surface area contributed by atoms with Crippen molar-refractivity contribution in [3.05, 3.63) is 63.1 Å². The number of hydrogen-bond donors (Lipinski definition) is 1. The average Bonchev–Trinajstić information content (AvgIpc) is 2.46. The Morgan fingerprint density at radius 3 is 2.62 bits per heavy atom. The third kappa shape index (κ3) is 5.06. The number of aryl methyl sites for hydroxylation is 1. The van der Waals surface area contributed by atoms with E-state index in [9.17, 15) is 4.79 Å². The molecule has 0 atom stereocenters. The first-order valence-electron chi connectivity index (χ1n) is 6.44. The zero-order valence-electron chi connectivity index (χ0n) is 11.5. The van der Waals surface area contributed by atoms with E-state index in [0.717, 1.165) is 10.0 Å². The van der Waals surface area contributed by atoms with Gasteiger partial charge < -0.3 is 10.1 Å². The first-order chi connectivity index (χ1) is 10.0. The van der Waals surface area contributed by atoms with E-state index in [1.165, 1.54) is 5.56 Å². The van der Waals surface area contributed by atoms with Crippen molar-refractivity contribution in [1.29, 1.82) is 0 Å². The van der Waals surface area contributed by atoms with Crippen molar-refractivity contribution in [1.82, 2.24) is 5.32 Å². The lowest BCUT2D eigenvalue weighted by Crippen LogP contribution is -2.28. The van der Waals surface area contributed by atoms with E-state index in [1.54, 1.807) is 18.2 Å². The fourth-order valence-electron chi connectivity index (χ4n) is 1.69. The van der Waals surface area contributed by atoms with Gasteiger partial charge in [-0.15, -0.1) is 0 Å². The Labute approximate surface area is 137 Å². The zero-order valence-corrected chi connectivity index (χ0v) is 13.9. The SMILES string of the molecule is Cc1ccc(CNC(=O)COc2ccc(Cl)cc2Br)cc1. The Hall–Kier alpha value is -1.52. The summed E-state index contributed by atoms with van der Waals surface area (Å²) >= 11 is 9.18. The van der Waals surface area contributed by atoms with Crippen LogP contribution in [-0.2, 0) is 11.3 Å². The van der Waals surface area contributed by atoms with Crippen LogP contribution in [0.1, 0.15) is 11.1 Å². The molecular formula is C16H15BrClNO2. The molecule has 0 aromatic heterocycles. The van der Waals surface area contributed by atoms with E-state index in [-0.39, 0.29) is 12.5 Å². The summed E-state index contributed by atoms with van der Waals surface area (Å²) < 4.78 is 6.17. The molecule has 5 heteroatoms. The fraction of sp³-hybridized carbons (Fsp3) is 0.188. The Balaban J connectivity index is 1.80. The Morgan fingerprint density at radius 2 is 1.95 bits per heavy atom. The molecule has 0 saturated carbocycles. The van der Waals surface area contributed by atoms with Gasteiger partial charge in [-0.3, -0.25) is 4.79 Å². The van der Waals surface area contributed by atoms with Gasteiger partial charge in [0.25, 0.3) is 5.91 Å². The van der Waals surface area contributed by atoms with Gasteiger partial charge in [-0.2, -0.15) is 0 Å². The van der Waals surface area contributed by atoms with Crippen LogP contribution in [0.5, 0.6) is 5.75 Å². The van der Waals surface area contributed by atoms with Crippen LogP contribution in [-0.4, -0.2) is 12.5 Å². The largest absolute Gasteiger partial charge is 0.483 e.